The molecule has 0 aliphatic carbocycles. The van der Waals surface area contributed by atoms with E-state index in [0.29, 0.717) is 17.8 Å². The van der Waals surface area contributed by atoms with Crippen LogP contribution in [-0.2, 0) is 0 Å². The Kier molecular flexibility index (Phi) is 7.65. The van der Waals surface area contributed by atoms with Crippen LogP contribution in [0.15, 0.2) is 0 Å². The van der Waals surface area contributed by atoms with Gasteiger partial charge in [-0.3, -0.25) is 0 Å². The van der Waals surface area contributed by atoms with Crippen molar-refractivity contribution in [2.75, 3.05) is 0 Å². The molecule has 0 fully saturated rings. The zero-order valence-electron chi connectivity index (χ0n) is 15.0. The average Bonchev–Trinajstić information content (AvgIpc) is 2.41. The zero-order valence-corrected chi connectivity index (χ0v) is 15.0. The fourth-order valence-electron chi connectivity index (χ4n) is 3.28. The van der Waals surface area contributed by atoms with Crippen LogP contribution in [0.25, 0.3) is 0 Å². The molecule has 1 nitrogen and oxygen atoms in total. The van der Waals surface area contributed by atoms with Crippen LogP contribution in [0, 0.1) is 35.5 Å². The minimum Gasteiger partial charge on any atom is -0.325 e. The molecule has 0 saturated heterocycles. The lowest BCUT2D eigenvalue weighted by molar-refractivity contribution is 0.0949. The van der Waals surface area contributed by atoms with Gasteiger partial charge in [0.25, 0.3) is 0 Å². The van der Waals surface area contributed by atoms with Gasteiger partial charge >= 0.3 is 0 Å². The second-order valence-corrected chi connectivity index (χ2v) is 7.43. The smallest absolute Gasteiger partial charge is 0.0180 e. The van der Waals surface area contributed by atoms with Crippen LogP contribution in [0.2, 0.25) is 0 Å². The van der Waals surface area contributed by atoms with E-state index in [9.17, 15) is 0 Å². The van der Waals surface area contributed by atoms with Crippen molar-refractivity contribution in [1.29, 1.82) is 0 Å². The van der Waals surface area contributed by atoms with Crippen LogP contribution in [0.5, 0.6) is 0 Å². The van der Waals surface area contributed by atoms with E-state index in [1.54, 1.807) is 0 Å². The topological polar surface area (TPSA) is 26.0 Å². The highest BCUT2D eigenvalue weighted by molar-refractivity contribution is 4.93. The van der Waals surface area contributed by atoms with Crippen molar-refractivity contribution < 1.29 is 0 Å². The first-order chi connectivity index (χ1) is 8.61. The molecule has 0 bridgehead atoms. The monoisotopic (exact) mass is 269 g/mol. The predicted molar refractivity (Wildman–Crippen MR) is 88.2 cm³/mol. The van der Waals surface area contributed by atoms with Crippen molar-refractivity contribution in [3.63, 3.8) is 0 Å². The molecule has 2 N–H and O–H groups in total. The molecule has 0 aliphatic heterocycles. The molecule has 1 heteroatoms. The maximum absolute atomic E-state index is 6.66. The Morgan fingerprint density at radius 3 is 1.63 bits per heavy atom. The Bertz CT molecular complexity index is 246. The van der Waals surface area contributed by atoms with Crippen LogP contribution in [-0.4, -0.2) is 5.54 Å². The van der Waals surface area contributed by atoms with Crippen molar-refractivity contribution in [1.82, 2.24) is 0 Å². The first kappa shape index (κ1) is 19.0. The molecule has 7 atom stereocenters. The standard InChI is InChI=1S/C18H39N/c1-10-12(3)14(5)15(6)16(7)17(8)18(9,19)13(4)11-2/h12-17H,10-11,19H2,1-9H3/t12-,13?,14+,15-,16?,17+,18?/m1/s1. The van der Waals surface area contributed by atoms with Gasteiger partial charge in [0.1, 0.15) is 0 Å². The zero-order chi connectivity index (χ0) is 15.4. The normalized spacial score (nSPS) is 24.9. The van der Waals surface area contributed by atoms with E-state index in [4.69, 9.17) is 5.73 Å². The van der Waals surface area contributed by atoms with E-state index in [0.717, 1.165) is 17.8 Å². The highest BCUT2D eigenvalue weighted by atomic mass is 14.8. The van der Waals surface area contributed by atoms with Crippen molar-refractivity contribution in [2.24, 2.45) is 41.2 Å². The van der Waals surface area contributed by atoms with Crippen molar-refractivity contribution >= 4 is 0 Å². The summed E-state index contributed by atoms with van der Waals surface area (Å²) in [5.74, 6) is 4.12. The van der Waals surface area contributed by atoms with Gasteiger partial charge in [0.15, 0.2) is 0 Å². The Morgan fingerprint density at radius 1 is 0.789 bits per heavy atom. The van der Waals surface area contributed by atoms with E-state index in [2.05, 4.69) is 62.3 Å². The van der Waals surface area contributed by atoms with E-state index < -0.39 is 0 Å². The summed E-state index contributed by atoms with van der Waals surface area (Å²) in [6, 6.07) is 0. The van der Waals surface area contributed by atoms with Gasteiger partial charge in [-0.05, 0) is 42.4 Å². The number of rotatable bonds is 8. The lowest BCUT2D eigenvalue weighted by Crippen LogP contribution is -2.52. The van der Waals surface area contributed by atoms with Crippen molar-refractivity contribution in [3.05, 3.63) is 0 Å². The molecule has 0 amide bonds. The summed E-state index contributed by atoms with van der Waals surface area (Å²) in [4.78, 5) is 0. The highest BCUT2D eigenvalue weighted by Crippen LogP contribution is 2.38. The van der Waals surface area contributed by atoms with Gasteiger partial charge < -0.3 is 5.73 Å². The van der Waals surface area contributed by atoms with Gasteiger partial charge in [0.2, 0.25) is 0 Å². The lowest BCUT2D eigenvalue weighted by Gasteiger charge is -2.44. The summed E-state index contributed by atoms with van der Waals surface area (Å²) in [7, 11) is 0. The Morgan fingerprint density at radius 2 is 1.26 bits per heavy atom. The third kappa shape index (κ3) is 4.48. The highest BCUT2D eigenvalue weighted by Gasteiger charge is 2.38. The Labute approximate surface area is 122 Å². The van der Waals surface area contributed by atoms with Crippen LogP contribution in [0.3, 0.4) is 0 Å². The third-order valence-electron chi connectivity index (χ3n) is 6.64. The predicted octanol–water partition coefficient (Wildman–Crippen LogP) is 5.34. The molecular formula is C18H39N. The average molecular weight is 270 g/mol. The third-order valence-corrected chi connectivity index (χ3v) is 6.64. The summed E-state index contributed by atoms with van der Waals surface area (Å²) in [6.07, 6.45) is 2.44. The number of hydrogen-bond donors (Lipinski definition) is 1. The van der Waals surface area contributed by atoms with Gasteiger partial charge in [-0.15, -0.1) is 0 Å². The largest absolute Gasteiger partial charge is 0.325 e. The molecule has 0 aromatic carbocycles. The fraction of sp³-hybridized carbons (Fsp3) is 1.00. The molecule has 0 aromatic heterocycles. The number of nitrogens with two attached hydrogens (primary N) is 1. The van der Waals surface area contributed by atoms with Crippen LogP contribution in [0.4, 0.5) is 0 Å². The van der Waals surface area contributed by atoms with E-state index in [-0.39, 0.29) is 5.54 Å². The van der Waals surface area contributed by atoms with E-state index >= 15 is 0 Å². The summed E-state index contributed by atoms with van der Waals surface area (Å²) in [5.41, 5.74) is 6.60. The second kappa shape index (κ2) is 7.67. The maximum atomic E-state index is 6.66. The van der Waals surface area contributed by atoms with Gasteiger partial charge in [0, 0.05) is 5.54 Å². The molecule has 19 heavy (non-hydrogen) atoms. The van der Waals surface area contributed by atoms with Crippen molar-refractivity contribution in [3.8, 4) is 0 Å². The second-order valence-electron chi connectivity index (χ2n) is 7.43. The molecular weight excluding hydrogens is 230 g/mol. The van der Waals surface area contributed by atoms with Crippen molar-refractivity contribution in [2.45, 2.75) is 80.7 Å². The first-order valence-electron chi connectivity index (χ1n) is 8.39. The molecule has 3 unspecified atom stereocenters. The Hall–Kier alpha value is -0.0400. The molecule has 0 aromatic rings. The lowest BCUT2D eigenvalue weighted by atomic mass is 9.65. The minimum absolute atomic E-state index is 0.0579. The SMILES string of the molecule is CCC(C)C(C)(N)[C@@H](C)C(C)[C@H](C)[C@@H](C)[C@H](C)CC. The molecule has 0 radical (unpaired) electrons. The fourth-order valence-corrected chi connectivity index (χ4v) is 3.28. The summed E-state index contributed by atoms with van der Waals surface area (Å²) in [5, 5.41) is 0. The van der Waals surface area contributed by atoms with Crippen LogP contribution in [0.1, 0.15) is 75.2 Å². The van der Waals surface area contributed by atoms with Crippen LogP contribution < -0.4 is 5.73 Å². The summed E-state index contributed by atoms with van der Waals surface area (Å²) in [6.45, 7) is 21.1. The van der Waals surface area contributed by atoms with E-state index in [1.807, 2.05) is 0 Å². The molecule has 0 rings (SSSR count). The maximum Gasteiger partial charge on any atom is 0.0180 e. The molecule has 0 spiro atoms. The summed E-state index contributed by atoms with van der Waals surface area (Å²) >= 11 is 0. The number of hydrogen-bond acceptors (Lipinski definition) is 1. The Balaban J connectivity index is 4.85. The molecule has 0 aliphatic rings. The first-order valence-corrected chi connectivity index (χ1v) is 8.39. The molecule has 116 valence electrons. The van der Waals surface area contributed by atoms with Gasteiger partial charge in [-0.1, -0.05) is 68.2 Å². The van der Waals surface area contributed by atoms with Crippen LogP contribution >= 0.6 is 0 Å². The quantitative estimate of drug-likeness (QED) is 0.632. The summed E-state index contributed by atoms with van der Waals surface area (Å²) < 4.78 is 0. The van der Waals surface area contributed by atoms with E-state index in [1.165, 1.54) is 12.8 Å². The minimum atomic E-state index is -0.0579. The van der Waals surface area contributed by atoms with Gasteiger partial charge in [-0.2, -0.15) is 0 Å². The molecule has 0 heterocycles. The van der Waals surface area contributed by atoms with Gasteiger partial charge in [0.05, 0.1) is 0 Å². The van der Waals surface area contributed by atoms with Gasteiger partial charge in [-0.25, -0.2) is 0 Å². The molecule has 0 saturated carbocycles.